The van der Waals surface area contributed by atoms with Crippen molar-refractivity contribution in [3.05, 3.63) is 42.0 Å². The molecule has 0 bridgehead atoms. The molecule has 0 radical (unpaired) electrons. The molecule has 1 unspecified atom stereocenters. The van der Waals surface area contributed by atoms with Crippen molar-refractivity contribution in [1.82, 2.24) is 20.1 Å². The zero-order valence-electron chi connectivity index (χ0n) is 12.4. The minimum absolute atomic E-state index is 0.220. The van der Waals surface area contributed by atoms with Gasteiger partial charge in [0.25, 0.3) is 0 Å². The van der Waals surface area contributed by atoms with Crippen LogP contribution in [-0.4, -0.2) is 45.9 Å². The Morgan fingerprint density at radius 1 is 1.48 bits per heavy atom. The summed E-state index contributed by atoms with van der Waals surface area (Å²) >= 11 is 0. The monoisotopic (exact) mass is 312 g/mol. The number of nitrogens with one attached hydrogen (secondary N) is 2. The van der Waals surface area contributed by atoms with Crippen LogP contribution < -0.4 is 5.32 Å². The van der Waals surface area contributed by atoms with Crippen molar-refractivity contribution in [1.29, 1.82) is 5.26 Å². The molecule has 1 aromatic carbocycles. The fourth-order valence-corrected chi connectivity index (χ4v) is 2.44. The molecule has 23 heavy (non-hydrogen) atoms. The Balaban J connectivity index is 1.69. The maximum atomic E-state index is 12.5. The van der Waals surface area contributed by atoms with Crippen molar-refractivity contribution in [2.45, 2.75) is 12.5 Å². The highest BCUT2D eigenvalue weighted by Crippen LogP contribution is 2.22. The number of nitriles is 1. The first-order valence-corrected chi connectivity index (χ1v) is 7.24. The molecular weight excluding hydrogens is 296 g/mol. The average molecular weight is 312 g/mol. The number of anilines is 1. The molecule has 1 aliphatic heterocycles. The number of carbonyl (C=O) groups is 1. The van der Waals surface area contributed by atoms with Crippen LogP contribution in [0.4, 0.5) is 10.5 Å². The van der Waals surface area contributed by atoms with Crippen molar-refractivity contribution in [2.24, 2.45) is 0 Å². The van der Waals surface area contributed by atoms with E-state index in [1.54, 1.807) is 17.0 Å². The number of amides is 2. The van der Waals surface area contributed by atoms with Gasteiger partial charge in [0.05, 0.1) is 25.7 Å². The lowest BCUT2D eigenvalue weighted by molar-refractivity contribution is 0.0118. The average Bonchev–Trinajstić information content (AvgIpc) is 3.11. The predicted molar refractivity (Wildman–Crippen MR) is 81.4 cm³/mol. The Hall–Kier alpha value is -2.92. The van der Waals surface area contributed by atoms with Crippen LogP contribution in [0, 0.1) is 11.3 Å². The summed E-state index contributed by atoms with van der Waals surface area (Å²) in [7, 11) is 0. The highest BCUT2D eigenvalue weighted by atomic mass is 16.5. The molecule has 2 aromatic rings. The molecule has 3 rings (SSSR count). The van der Waals surface area contributed by atoms with Gasteiger partial charge < -0.3 is 15.0 Å². The Bertz CT molecular complexity index is 692. The van der Waals surface area contributed by atoms with Crippen LogP contribution in [0.2, 0.25) is 0 Å². The van der Waals surface area contributed by atoms with Crippen LogP contribution in [0.15, 0.2) is 30.6 Å². The first-order chi connectivity index (χ1) is 11.3. The van der Waals surface area contributed by atoms with E-state index in [-0.39, 0.29) is 12.1 Å². The first-order valence-electron chi connectivity index (χ1n) is 7.24. The van der Waals surface area contributed by atoms with Gasteiger partial charge in [-0.05, 0) is 17.7 Å². The third-order valence-corrected chi connectivity index (χ3v) is 3.63. The maximum absolute atomic E-state index is 12.5. The van der Waals surface area contributed by atoms with Gasteiger partial charge in [-0.3, -0.25) is 5.10 Å². The molecule has 2 amide bonds. The van der Waals surface area contributed by atoms with Gasteiger partial charge >= 0.3 is 6.03 Å². The van der Waals surface area contributed by atoms with Gasteiger partial charge in [-0.2, -0.15) is 10.4 Å². The molecule has 1 saturated heterocycles. The van der Waals surface area contributed by atoms with Crippen LogP contribution >= 0.6 is 0 Å². The maximum Gasteiger partial charge on any atom is 0.322 e. The number of hydrogen-bond donors (Lipinski definition) is 2. The van der Waals surface area contributed by atoms with Gasteiger partial charge in [0.1, 0.15) is 18.2 Å². The van der Waals surface area contributed by atoms with Crippen LogP contribution in [0.1, 0.15) is 17.4 Å². The highest BCUT2D eigenvalue weighted by molar-refractivity contribution is 5.89. The van der Waals surface area contributed by atoms with Crippen molar-refractivity contribution in [3.8, 4) is 6.07 Å². The van der Waals surface area contributed by atoms with Crippen molar-refractivity contribution in [3.63, 3.8) is 0 Å². The van der Waals surface area contributed by atoms with E-state index in [0.717, 1.165) is 5.56 Å². The lowest BCUT2D eigenvalue weighted by Gasteiger charge is -2.34. The molecule has 8 heteroatoms. The molecule has 0 spiro atoms. The third kappa shape index (κ3) is 3.46. The van der Waals surface area contributed by atoms with Gasteiger partial charge in [0.15, 0.2) is 0 Å². The lowest BCUT2D eigenvalue weighted by atomic mass is 10.1. The summed E-state index contributed by atoms with van der Waals surface area (Å²) in [5.41, 5.74) is 1.59. The number of carbonyl (C=O) groups excluding carboxylic acids is 1. The van der Waals surface area contributed by atoms with E-state index in [0.29, 0.717) is 37.7 Å². The largest absolute Gasteiger partial charge is 0.377 e. The minimum atomic E-state index is -0.288. The summed E-state index contributed by atoms with van der Waals surface area (Å²) < 4.78 is 5.44. The number of morpholine rings is 1. The number of H-pyrrole nitrogens is 1. The van der Waals surface area contributed by atoms with Crippen LogP contribution in [0.25, 0.3) is 0 Å². The number of aromatic nitrogens is 3. The van der Waals surface area contributed by atoms with Gasteiger partial charge in [0.2, 0.25) is 0 Å². The van der Waals surface area contributed by atoms with Gasteiger partial charge in [-0.1, -0.05) is 12.1 Å². The van der Waals surface area contributed by atoms with Crippen LogP contribution in [0.5, 0.6) is 0 Å². The summed E-state index contributed by atoms with van der Waals surface area (Å²) in [5.74, 6) is 0.601. The highest BCUT2D eigenvalue weighted by Gasteiger charge is 2.30. The second-order valence-electron chi connectivity index (χ2n) is 5.12. The predicted octanol–water partition coefficient (Wildman–Crippen LogP) is 1.48. The van der Waals surface area contributed by atoms with Gasteiger partial charge in [-0.15, -0.1) is 0 Å². The fraction of sp³-hybridized carbons (Fsp3) is 0.333. The molecule has 8 nitrogen and oxygen atoms in total. The molecule has 0 saturated carbocycles. The summed E-state index contributed by atoms with van der Waals surface area (Å²) in [4.78, 5) is 18.3. The second kappa shape index (κ2) is 6.89. The van der Waals surface area contributed by atoms with Gasteiger partial charge in [-0.25, -0.2) is 9.78 Å². The van der Waals surface area contributed by atoms with E-state index in [4.69, 9.17) is 10.00 Å². The Labute approximate surface area is 133 Å². The Morgan fingerprint density at radius 2 is 2.30 bits per heavy atom. The number of hydrogen-bond acceptors (Lipinski definition) is 5. The van der Waals surface area contributed by atoms with E-state index in [2.05, 4.69) is 26.6 Å². The van der Waals surface area contributed by atoms with E-state index < -0.39 is 0 Å². The topological polar surface area (TPSA) is 107 Å². The van der Waals surface area contributed by atoms with E-state index in [1.807, 2.05) is 12.1 Å². The second-order valence-corrected chi connectivity index (χ2v) is 5.12. The minimum Gasteiger partial charge on any atom is -0.377 e. The first kappa shape index (κ1) is 15.0. The number of aromatic amines is 1. The quantitative estimate of drug-likeness (QED) is 0.892. The summed E-state index contributed by atoms with van der Waals surface area (Å²) in [5, 5.41) is 18.1. The van der Waals surface area contributed by atoms with E-state index in [1.165, 1.54) is 6.33 Å². The molecule has 1 atom stereocenters. The molecule has 118 valence electrons. The SMILES string of the molecule is N#CCc1ccc(NC(=O)N2CCOCC2c2ncn[nH]2)cc1. The summed E-state index contributed by atoms with van der Waals surface area (Å²) in [6.45, 7) is 1.34. The fourth-order valence-electron chi connectivity index (χ4n) is 2.44. The molecular formula is C15H16N6O2. The van der Waals surface area contributed by atoms with Gasteiger partial charge in [0, 0.05) is 12.2 Å². The van der Waals surface area contributed by atoms with Crippen molar-refractivity contribution < 1.29 is 9.53 Å². The van der Waals surface area contributed by atoms with E-state index >= 15 is 0 Å². The molecule has 1 fully saturated rings. The zero-order chi connectivity index (χ0) is 16.1. The molecule has 1 aliphatic rings. The number of ether oxygens (including phenoxy) is 1. The molecule has 1 aromatic heterocycles. The van der Waals surface area contributed by atoms with Crippen molar-refractivity contribution >= 4 is 11.7 Å². The Kier molecular flexibility index (Phi) is 4.49. The standard InChI is InChI=1S/C15H16N6O2/c16-6-5-11-1-3-12(4-2-11)19-15(22)21-7-8-23-9-13(21)14-17-10-18-20-14/h1-4,10,13H,5,7-9H2,(H,19,22)(H,17,18,20). The molecule has 2 heterocycles. The van der Waals surface area contributed by atoms with Crippen molar-refractivity contribution in [2.75, 3.05) is 25.1 Å². The number of rotatable bonds is 3. The number of nitrogens with zero attached hydrogens (tertiary/aromatic N) is 4. The molecule has 0 aliphatic carbocycles. The third-order valence-electron chi connectivity index (χ3n) is 3.63. The van der Waals surface area contributed by atoms with E-state index in [9.17, 15) is 4.79 Å². The molecule has 2 N–H and O–H groups in total. The zero-order valence-corrected chi connectivity index (χ0v) is 12.4. The summed E-state index contributed by atoms with van der Waals surface area (Å²) in [6.07, 6.45) is 1.76. The number of urea groups is 1. The Morgan fingerprint density at radius 3 is 3.00 bits per heavy atom. The summed E-state index contributed by atoms with van der Waals surface area (Å²) in [6, 6.07) is 8.81. The smallest absolute Gasteiger partial charge is 0.322 e. The lowest BCUT2D eigenvalue weighted by Crippen LogP contribution is -2.45. The number of benzene rings is 1. The van der Waals surface area contributed by atoms with Crippen LogP contribution in [0.3, 0.4) is 0 Å². The normalized spacial score (nSPS) is 17.5. The van der Waals surface area contributed by atoms with Crippen LogP contribution in [-0.2, 0) is 11.2 Å².